The molecule has 0 aromatic carbocycles. The minimum atomic E-state index is -0.118. The van der Waals surface area contributed by atoms with E-state index in [1.807, 2.05) is 0 Å². The molecule has 7 nitrogen and oxygen atoms in total. The Balaban J connectivity index is 1.56. The predicted molar refractivity (Wildman–Crippen MR) is 68.2 cm³/mol. The van der Waals surface area contributed by atoms with E-state index in [9.17, 15) is 9.59 Å². The van der Waals surface area contributed by atoms with E-state index in [2.05, 4.69) is 15.5 Å². The summed E-state index contributed by atoms with van der Waals surface area (Å²) in [6.45, 7) is 1.20. The Morgan fingerprint density at radius 2 is 2.21 bits per heavy atom. The molecule has 2 fully saturated rings. The number of aromatic amines is 1. The maximum absolute atomic E-state index is 12.1. The van der Waals surface area contributed by atoms with Gasteiger partial charge in [-0.1, -0.05) is 0 Å². The van der Waals surface area contributed by atoms with Gasteiger partial charge in [0, 0.05) is 31.1 Å². The number of nitrogens with one attached hydrogen (secondary N) is 2. The van der Waals surface area contributed by atoms with E-state index in [1.165, 1.54) is 6.07 Å². The molecule has 1 aliphatic carbocycles. The van der Waals surface area contributed by atoms with Crippen LogP contribution in [0.3, 0.4) is 0 Å². The van der Waals surface area contributed by atoms with Crippen LogP contribution in [0.1, 0.15) is 29.8 Å². The Morgan fingerprint density at radius 1 is 1.42 bits per heavy atom. The molecule has 1 atom stereocenters. The predicted octanol–water partition coefficient (Wildman–Crippen LogP) is -0.267. The lowest BCUT2D eigenvalue weighted by Gasteiger charge is -2.16. The number of aromatic nitrogens is 2. The summed E-state index contributed by atoms with van der Waals surface area (Å²) in [6.07, 6.45) is 2.79. The second-order valence-electron chi connectivity index (χ2n) is 5.23. The average Bonchev–Trinajstić information content (AvgIpc) is 3.00. The fraction of sp³-hybridized carbons (Fsp3) is 0.583. The Hall–Kier alpha value is -2.05. The van der Waals surface area contributed by atoms with Crippen LogP contribution < -0.4 is 11.1 Å². The molecule has 19 heavy (non-hydrogen) atoms. The Bertz CT molecular complexity index is 508. The SMILES string of the molecule is Nc1cc(C(=O)N2CCC(NC(=O)C3CC3)C2)[nH]n1. The number of carbonyl (C=O) groups excluding carboxylic acids is 2. The lowest BCUT2D eigenvalue weighted by Crippen LogP contribution is -2.39. The third kappa shape index (κ3) is 2.54. The van der Waals surface area contributed by atoms with Crippen LogP contribution in [-0.2, 0) is 4.79 Å². The monoisotopic (exact) mass is 263 g/mol. The van der Waals surface area contributed by atoms with Gasteiger partial charge in [0.25, 0.3) is 5.91 Å². The first kappa shape index (κ1) is 12.0. The summed E-state index contributed by atoms with van der Waals surface area (Å²) in [7, 11) is 0. The Kier molecular flexibility index (Phi) is 2.88. The number of hydrogen-bond donors (Lipinski definition) is 3. The number of rotatable bonds is 3. The molecule has 1 unspecified atom stereocenters. The number of anilines is 1. The van der Waals surface area contributed by atoms with Gasteiger partial charge in [0.2, 0.25) is 5.91 Å². The zero-order chi connectivity index (χ0) is 13.4. The van der Waals surface area contributed by atoms with E-state index >= 15 is 0 Å². The quantitative estimate of drug-likeness (QED) is 0.698. The number of amides is 2. The highest BCUT2D eigenvalue weighted by Gasteiger charge is 2.34. The highest BCUT2D eigenvalue weighted by Crippen LogP contribution is 2.29. The standard InChI is InChI=1S/C12H17N5O2/c13-10-5-9(15-16-10)12(19)17-4-3-8(6-17)14-11(18)7-1-2-7/h5,7-8H,1-4,6H2,(H,14,18)(H3,13,15,16). The van der Waals surface area contributed by atoms with Crippen molar-refractivity contribution in [1.82, 2.24) is 20.4 Å². The molecule has 4 N–H and O–H groups in total. The Labute approximate surface area is 110 Å². The molecule has 3 rings (SSSR count). The molecule has 1 aromatic rings. The van der Waals surface area contributed by atoms with Gasteiger partial charge >= 0.3 is 0 Å². The van der Waals surface area contributed by atoms with Crippen LogP contribution in [0, 0.1) is 5.92 Å². The second-order valence-corrected chi connectivity index (χ2v) is 5.23. The van der Waals surface area contributed by atoms with Gasteiger partial charge < -0.3 is 16.0 Å². The zero-order valence-electron chi connectivity index (χ0n) is 10.6. The first-order valence-electron chi connectivity index (χ1n) is 6.54. The lowest BCUT2D eigenvalue weighted by molar-refractivity contribution is -0.122. The van der Waals surface area contributed by atoms with Gasteiger partial charge in [-0.3, -0.25) is 14.7 Å². The molecule has 1 saturated carbocycles. The molecule has 102 valence electrons. The summed E-state index contributed by atoms with van der Waals surface area (Å²) >= 11 is 0. The zero-order valence-corrected chi connectivity index (χ0v) is 10.6. The van der Waals surface area contributed by atoms with Crippen molar-refractivity contribution in [2.24, 2.45) is 5.92 Å². The van der Waals surface area contributed by atoms with Crippen molar-refractivity contribution in [1.29, 1.82) is 0 Å². The summed E-state index contributed by atoms with van der Waals surface area (Å²) in [6, 6.07) is 1.59. The molecule has 0 radical (unpaired) electrons. The number of nitrogen functional groups attached to an aromatic ring is 1. The highest BCUT2D eigenvalue weighted by atomic mass is 16.2. The molecule has 2 heterocycles. The van der Waals surface area contributed by atoms with E-state index < -0.39 is 0 Å². The molecule has 7 heteroatoms. The van der Waals surface area contributed by atoms with Gasteiger partial charge in [-0.2, -0.15) is 5.10 Å². The van der Waals surface area contributed by atoms with E-state index in [1.54, 1.807) is 4.90 Å². The summed E-state index contributed by atoms with van der Waals surface area (Å²) in [4.78, 5) is 25.5. The van der Waals surface area contributed by atoms with E-state index in [4.69, 9.17) is 5.73 Å². The van der Waals surface area contributed by atoms with Crippen LogP contribution in [-0.4, -0.2) is 46.0 Å². The maximum atomic E-state index is 12.1. The highest BCUT2D eigenvalue weighted by molar-refractivity contribution is 5.93. The normalized spacial score (nSPS) is 22.5. The topological polar surface area (TPSA) is 104 Å². The van der Waals surface area contributed by atoms with Crippen molar-refractivity contribution in [2.75, 3.05) is 18.8 Å². The molecule has 1 aliphatic heterocycles. The van der Waals surface area contributed by atoms with E-state index in [-0.39, 0.29) is 23.8 Å². The molecular formula is C12H17N5O2. The van der Waals surface area contributed by atoms with Crippen LogP contribution in [0.25, 0.3) is 0 Å². The van der Waals surface area contributed by atoms with Crippen molar-refractivity contribution < 1.29 is 9.59 Å². The molecule has 1 saturated heterocycles. The van der Waals surface area contributed by atoms with Crippen molar-refractivity contribution in [2.45, 2.75) is 25.3 Å². The number of nitrogens with zero attached hydrogens (tertiary/aromatic N) is 2. The average molecular weight is 263 g/mol. The third-order valence-electron chi connectivity index (χ3n) is 3.60. The minimum Gasteiger partial charge on any atom is -0.382 e. The maximum Gasteiger partial charge on any atom is 0.272 e. The van der Waals surface area contributed by atoms with Crippen molar-refractivity contribution >= 4 is 17.6 Å². The first-order chi connectivity index (χ1) is 9.13. The van der Waals surface area contributed by atoms with E-state index in [0.717, 1.165) is 19.3 Å². The molecule has 2 aliphatic rings. The van der Waals surface area contributed by atoms with Gasteiger partial charge in [0.15, 0.2) is 0 Å². The van der Waals surface area contributed by atoms with Crippen LogP contribution >= 0.6 is 0 Å². The summed E-state index contributed by atoms with van der Waals surface area (Å²) in [5.74, 6) is 0.524. The third-order valence-corrected chi connectivity index (χ3v) is 3.60. The van der Waals surface area contributed by atoms with Crippen molar-refractivity contribution in [3.8, 4) is 0 Å². The van der Waals surface area contributed by atoms with Crippen molar-refractivity contribution in [3.05, 3.63) is 11.8 Å². The summed E-state index contributed by atoms with van der Waals surface area (Å²) in [5.41, 5.74) is 5.87. The minimum absolute atomic E-state index is 0.0670. The summed E-state index contributed by atoms with van der Waals surface area (Å²) < 4.78 is 0. The lowest BCUT2D eigenvalue weighted by atomic mass is 10.2. The molecule has 2 amide bonds. The number of hydrogen-bond acceptors (Lipinski definition) is 4. The van der Waals surface area contributed by atoms with E-state index in [0.29, 0.717) is 24.6 Å². The molecule has 1 aromatic heterocycles. The number of likely N-dealkylation sites (tertiary alicyclic amines) is 1. The molecule has 0 bridgehead atoms. The van der Waals surface area contributed by atoms with Gasteiger partial charge in [0.1, 0.15) is 11.5 Å². The van der Waals surface area contributed by atoms with Gasteiger partial charge in [-0.25, -0.2) is 0 Å². The second kappa shape index (κ2) is 4.56. The van der Waals surface area contributed by atoms with Gasteiger partial charge in [-0.05, 0) is 19.3 Å². The van der Waals surface area contributed by atoms with Gasteiger partial charge in [-0.15, -0.1) is 0 Å². The van der Waals surface area contributed by atoms with Gasteiger partial charge in [0.05, 0.1) is 0 Å². The van der Waals surface area contributed by atoms with Crippen molar-refractivity contribution in [3.63, 3.8) is 0 Å². The van der Waals surface area contributed by atoms with Crippen LogP contribution in [0.5, 0.6) is 0 Å². The number of carbonyl (C=O) groups is 2. The fourth-order valence-corrected chi connectivity index (χ4v) is 2.34. The smallest absolute Gasteiger partial charge is 0.272 e. The van der Waals surface area contributed by atoms with Crippen LogP contribution in [0.15, 0.2) is 6.07 Å². The largest absolute Gasteiger partial charge is 0.382 e. The van der Waals surface area contributed by atoms with Crippen LogP contribution in [0.4, 0.5) is 5.82 Å². The van der Waals surface area contributed by atoms with Crippen LogP contribution in [0.2, 0.25) is 0 Å². The Morgan fingerprint density at radius 3 is 2.84 bits per heavy atom. The molecule has 0 spiro atoms. The fourth-order valence-electron chi connectivity index (χ4n) is 2.34. The number of nitrogens with two attached hydrogens (primary N) is 1. The first-order valence-corrected chi connectivity index (χ1v) is 6.54. The number of H-pyrrole nitrogens is 1. The molecular weight excluding hydrogens is 246 g/mol. The summed E-state index contributed by atoms with van der Waals surface area (Å²) in [5, 5.41) is 9.35.